The van der Waals surface area contributed by atoms with Gasteiger partial charge in [0.15, 0.2) is 5.82 Å². The van der Waals surface area contributed by atoms with E-state index in [0.29, 0.717) is 24.3 Å². The normalized spacial score (nSPS) is 21.1. The Bertz CT molecular complexity index is 1070. The zero-order chi connectivity index (χ0) is 21.8. The van der Waals surface area contributed by atoms with Crippen molar-refractivity contribution in [2.24, 2.45) is 0 Å². The van der Waals surface area contributed by atoms with E-state index in [4.69, 9.17) is 16.3 Å². The van der Waals surface area contributed by atoms with E-state index in [1.165, 1.54) is 0 Å². The van der Waals surface area contributed by atoms with Gasteiger partial charge in [0.1, 0.15) is 23.0 Å². The number of amides is 1. The van der Waals surface area contributed by atoms with Crippen molar-refractivity contribution in [1.82, 2.24) is 14.9 Å². The minimum atomic E-state index is -0.648. The van der Waals surface area contributed by atoms with E-state index in [0.717, 1.165) is 12.8 Å². The summed E-state index contributed by atoms with van der Waals surface area (Å²) in [5.41, 5.74) is -0.358. The van der Waals surface area contributed by atoms with Crippen molar-refractivity contribution in [1.29, 1.82) is 5.26 Å². The van der Waals surface area contributed by atoms with Gasteiger partial charge in [0.05, 0.1) is 22.1 Å². The van der Waals surface area contributed by atoms with Crippen molar-refractivity contribution in [3.63, 3.8) is 0 Å². The van der Waals surface area contributed by atoms with E-state index in [2.05, 4.69) is 25.9 Å². The average Bonchev–Trinajstić information content (AvgIpc) is 2.93. The molecule has 2 aliphatic rings. The number of nitrogens with zero attached hydrogens (tertiary/aromatic N) is 5. The Morgan fingerprint density at radius 3 is 2.53 bits per heavy atom. The van der Waals surface area contributed by atoms with Gasteiger partial charge in [0.25, 0.3) is 0 Å². The molecule has 2 bridgehead atoms. The molecule has 0 unspecified atom stereocenters. The van der Waals surface area contributed by atoms with Crippen LogP contribution in [-0.4, -0.2) is 51.7 Å². The molecule has 2 atom stereocenters. The van der Waals surface area contributed by atoms with Gasteiger partial charge < -0.3 is 9.64 Å². The monoisotopic (exact) mass is 495 g/mol. The molecule has 0 N–H and O–H groups in total. The second-order valence-electron chi connectivity index (χ2n) is 8.55. The predicted molar refractivity (Wildman–Crippen MR) is 114 cm³/mol. The number of piperazine rings is 1. The van der Waals surface area contributed by atoms with Crippen molar-refractivity contribution in [2.45, 2.75) is 51.3 Å². The fourth-order valence-electron chi connectivity index (χ4n) is 4.17. The van der Waals surface area contributed by atoms with Crippen LogP contribution < -0.4 is 4.90 Å². The number of anilines is 1. The van der Waals surface area contributed by atoms with Crippen molar-refractivity contribution in [2.75, 3.05) is 18.0 Å². The van der Waals surface area contributed by atoms with Gasteiger partial charge in [-0.05, 0) is 67.2 Å². The number of halogens is 3. The summed E-state index contributed by atoms with van der Waals surface area (Å²) in [6.45, 7) is 6.56. The molecule has 158 valence electrons. The van der Waals surface area contributed by atoms with E-state index < -0.39 is 11.4 Å². The molecule has 4 rings (SSSR count). The van der Waals surface area contributed by atoms with Gasteiger partial charge in [-0.2, -0.15) is 10.2 Å². The molecule has 0 aliphatic carbocycles. The first-order chi connectivity index (χ1) is 14.1. The Hall–Kier alpha value is -2.18. The zero-order valence-electron chi connectivity index (χ0n) is 16.7. The van der Waals surface area contributed by atoms with Gasteiger partial charge in [0, 0.05) is 18.5 Å². The number of fused-ring (bicyclic) bond motifs is 3. The maximum absolute atomic E-state index is 14.8. The topological polar surface area (TPSA) is 82.3 Å². The first-order valence-electron chi connectivity index (χ1n) is 9.60. The molecule has 2 aliphatic heterocycles. The van der Waals surface area contributed by atoms with Crippen LogP contribution in [-0.2, 0) is 4.74 Å². The molecular formula is C20H20BrClFN5O2. The van der Waals surface area contributed by atoms with Crippen LogP contribution >= 0.6 is 27.5 Å². The van der Waals surface area contributed by atoms with Gasteiger partial charge in [-0.25, -0.2) is 14.2 Å². The van der Waals surface area contributed by atoms with Crippen LogP contribution in [0.25, 0.3) is 10.9 Å². The van der Waals surface area contributed by atoms with E-state index in [1.807, 2.05) is 36.6 Å². The minimum Gasteiger partial charge on any atom is -0.444 e. The number of carbonyl (C=O) groups excluding carboxylic acids is 1. The molecule has 0 radical (unpaired) electrons. The van der Waals surface area contributed by atoms with Crippen LogP contribution in [0.3, 0.4) is 0 Å². The Morgan fingerprint density at radius 2 is 1.97 bits per heavy atom. The molecule has 2 fully saturated rings. The van der Waals surface area contributed by atoms with Crippen LogP contribution in [0.1, 0.15) is 39.2 Å². The van der Waals surface area contributed by atoms with Gasteiger partial charge in [0.2, 0.25) is 5.28 Å². The minimum absolute atomic E-state index is 0.0434. The quantitative estimate of drug-likeness (QED) is 0.535. The van der Waals surface area contributed by atoms with Crippen LogP contribution in [0.4, 0.5) is 15.0 Å². The highest BCUT2D eigenvalue weighted by molar-refractivity contribution is 9.10. The molecule has 30 heavy (non-hydrogen) atoms. The van der Waals surface area contributed by atoms with Crippen LogP contribution in [0.15, 0.2) is 10.5 Å². The number of hydrogen-bond acceptors (Lipinski definition) is 6. The van der Waals surface area contributed by atoms with Gasteiger partial charge in [-0.3, -0.25) is 4.90 Å². The standard InChI is InChI=1S/C20H20BrClFN5O2/c1-20(2,3)30-19(29)28-11-4-5-12(28)9-27(8-11)17-13-6-10(7-24)14(21)15(23)16(13)25-18(22)26-17/h6,11-12H,4-5,8-9H2,1-3H3/t11-,12+. The zero-order valence-corrected chi connectivity index (χ0v) is 19.1. The Morgan fingerprint density at radius 1 is 1.33 bits per heavy atom. The summed E-state index contributed by atoms with van der Waals surface area (Å²) < 4.78 is 20.5. The Labute approximate surface area is 186 Å². The molecule has 0 saturated carbocycles. The first-order valence-corrected chi connectivity index (χ1v) is 10.8. The summed E-state index contributed by atoms with van der Waals surface area (Å²) in [7, 11) is 0. The number of rotatable bonds is 1. The van der Waals surface area contributed by atoms with Gasteiger partial charge >= 0.3 is 6.09 Å². The van der Waals surface area contributed by atoms with Gasteiger partial charge in [-0.15, -0.1) is 0 Å². The lowest BCUT2D eigenvalue weighted by molar-refractivity contribution is 0.0123. The smallest absolute Gasteiger partial charge is 0.410 e. The van der Waals surface area contributed by atoms with Crippen molar-refractivity contribution in [3.05, 3.63) is 27.2 Å². The number of ether oxygens (including phenoxy) is 1. The third-order valence-electron chi connectivity index (χ3n) is 5.33. The molecule has 1 amide bonds. The molecule has 2 saturated heterocycles. The summed E-state index contributed by atoms with van der Waals surface area (Å²) in [5, 5.41) is 9.70. The average molecular weight is 497 g/mol. The fourth-order valence-corrected chi connectivity index (χ4v) is 4.73. The summed E-state index contributed by atoms with van der Waals surface area (Å²) in [6, 6.07) is 3.46. The maximum Gasteiger partial charge on any atom is 0.410 e. The van der Waals surface area contributed by atoms with Gasteiger partial charge in [-0.1, -0.05) is 0 Å². The van der Waals surface area contributed by atoms with E-state index >= 15 is 0 Å². The molecule has 2 aromatic rings. The first kappa shape index (κ1) is 21.1. The molecule has 3 heterocycles. The molecule has 0 spiro atoms. The van der Waals surface area contributed by atoms with Crippen LogP contribution in [0, 0.1) is 17.1 Å². The molecule has 10 heteroatoms. The lowest BCUT2D eigenvalue weighted by Crippen LogP contribution is -2.57. The number of carbonyl (C=O) groups is 1. The Balaban J connectivity index is 1.71. The third kappa shape index (κ3) is 3.67. The molecule has 1 aromatic heterocycles. The number of hydrogen-bond donors (Lipinski definition) is 0. The second-order valence-corrected chi connectivity index (χ2v) is 9.68. The lowest BCUT2D eigenvalue weighted by Gasteiger charge is -2.42. The summed E-state index contributed by atoms with van der Waals surface area (Å²) in [5.74, 6) is -0.182. The predicted octanol–water partition coefficient (Wildman–Crippen LogP) is 4.64. The summed E-state index contributed by atoms with van der Waals surface area (Å²) >= 11 is 9.21. The van der Waals surface area contributed by atoms with E-state index in [9.17, 15) is 14.4 Å². The van der Waals surface area contributed by atoms with E-state index in [1.54, 1.807) is 6.07 Å². The SMILES string of the molecule is CC(C)(C)OC(=O)N1[C@@H]2CC[C@H]1CN(c1nc(Cl)nc3c(F)c(Br)c(C#N)cc13)C2. The summed E-state index contributed by atoms with van der Waals surface area (Å²) in [4.78, 5) is 24.9. The Kier molecular flexibility index (Phi) is 5.27. The molecule has 1 aromatic carbocycles. The van der Waals surface area contributed by atoms with Crippen molar-refractivity contribution < 1.29 is 13.9 Å². The summed E-state index contributed by atoms with van der Waals surface area (Å²) in [6.07, 6.45) is 1.38. The third-order valence-corrected chi connectivity index (χ3v) is 6.27. The second kappa shape index (κ2) is 7.50. The number of nitriles is 1. The maximum atomic E-state index is 14.8. The van der Waals surface area contributed by atoms with E-state index in [-0.39, 0.29) is 39.0 Å². The number of benzene rings is 1. The fraction of sp³-hybridized carbons (Fsp3) is 0.500. The van der Waals surface area contributed by atoms with Crippen LogP contribution in [0.2, 0.25) is 5.28 Å². The lowest BCUT2D eigenvalue weighted by atomic mass is 10.1. The molecule has 7 nitrogen and oxygen atoms in total. The molecular weight excluding hydrogens is 477 g/mol. The van der Waals surface area contributed by atoms with Crippen molar-refractivity contribution in [3.8, 4) is 6.07 Å². The van der Waals surface area contributed by atoms with Crippen molar-refractivity contribution >= 4 is 50.3 Å². The van der Waals surface area contributed by atoms with Crippen LogP contribution in [0.5, 0.6) is 0 Å². The highest BCUT2D eigenvalue weighted by Crippen LogP contribution is 2.38. The number of aromatic nitrogens is 2. The largest absolute Gasteiger partial charge is 0.444 e. The highest BCUT2D eigenvalue weighted by atomic mass is 79.9. The highest BCUT2D eigenvalue weighted by Gasteiger charge is 2.45.